The van der Waals surface area contributed by atoms with Crippen LogP contribution in [0.2, 0.25) is 0 Å². The lowest BCUT2D eigenvalue weighted by atomic mass is 9.85. The molecule has 1 aromatic carbocycles. The molecule has 0 aliphatic carbocycles. The summed E-state index contributed by atoms with van der Waals surface area (Å²) in [7, 11) is -4.10. The molecule has 0 amide bonds. The molecule has 1 aliphatic heterocycles. The third kappa shape index (κ3) is 2.49. The fourth-order valence-electron chi connectivity index (χ4n) is 2.00. The van der Waals surface area contributed by atoms with Crippen LogP contribution in [0.25, 0.3) is 0 Å². The first-order valence-corrected chi connectivity index (χ1v) is 8.18. The van der Waals surface area contributed by atoms with Crippen molar-refractivity contribution in [1.29, 1.82) is 0 Å². The van der Waals surface area contributed by atoms with E-state index < -0.39 is 32.2 Å². The zero-order valence-corrected chi connectivity index (χ0v) is 13.3. The Kier molecular flexibility index (Phi) is 3.96. The fourth-order valence-corrected chi connectivity index (χ4v) is 4.68. The molecule has 0 unspecified atom stereocenters. The molecule has 4 nitrogen and oxygen atoms in total. The number of hydrogen-bond donors (Lipinski definition) is 1. The first-order chi connectivity index (χ1) is 9.08. The van der Waals surface area contributed by atoms with Crippen LogP contribution in [0.15, 0.2) is 21.5 Å². The number of aliphatic hydroxyl groups is 1. The van der Waals surface area contributed by atoms with Gasteiger partial charge in [-0.15, -0.1) is 0 Å². The summed E-state index contributed by atoms with van der Waals surface area (Å²) in [5.74, 6) is -2.14. The Morgan fingerprint density at radius 3 is 2.35 bits per heavy atom. The SMILES string of the molecule is CC(C)C1(O)CN(S(=O)(=O)c2c(F)cc(F)cc2Br)C1. The van der Waals surface area contributed by atoms with Gasteiger partial charge in [0.1, 0.15) is 16.5 Å². The van der Waals surface area contributed by atoms with Crippen LogP contribution in [0.5, 0.6) is 0 Å². The van der Waals surface area contributed by atoms with Crippen LogP contribution in [-0.2, 0) is 10.0 Å². The van der Waals surface area contributed by atoms with E-state index in [0.717, 1.165) is 10.4 Å². The second-order valence-electron chi connectivity index (χ2n) is 5.23. The minimum Gasteiger partial charge on any atom is -0.387 e. The number of rotatable bonds is 3. The number of β-amino-alcohol motifs (C(OH)–C–C–N with tert-alkyl or cyclic N) is 1. The second kappa shape index (κ2) is 5.01. The van der Waals surface area contributed by atoms with Gasteiger partial charge in [0.25, 0.3) is 0 Å². The zero-order chi connectivity index (χ0) is 15.3. The molecule has 1 aliphatic rings. The highest BCUT2D eigenvalue weighted by molar-refractivity contribution is 9.10. The third-order valence-electron chi connectivity index (χ3n) is 3.54. The molecular weight excluding hydrogens is 356 g/mol. The van der Waals surface area contributed by atoms with Crippen LogP contribution in [-0.4, -0.2) is 36.5 Å². The van der Waals surface area contributed by atoms with Crippen molar-refractivity contribution in [3.8, 4) is 0 Å². The van der Waals surface area contributed by atoms with Gasteiger partial charge in [0.15, 0.2) is 0 Å². The second-order valence-corrected chi connectivity index (χ2v) is 7.96. The molecule has 0 atom stereocenters. The van der Waals surface area contributed by atoms with E-state index in [1.54, 1.807) is 13.8 Å². The van der Waals surface area contributed by atoms with Crippen molar-refractivity contribution in [2.75, 3.05) is 13.1 Å². The summed E-state index contributed by atoms with van der Waals surface area (Å²) in [4.78, 5) is -0.607. The van der Waals surface area contributed by atoms with Crippen LogP contribution in [0.3, 0.4) is 0 Å². The van der Waals surface area contributed by atoms with Crippen molar-refractivity contribution in [3.05, 3.63) is 28.2 Å². The summed E-state index contributed by atoms with van der Waals surface area (Å²) >= 11 is 2.86. The monoisotopic (exact) mass is 369 g/mol. The van der Waals surface area contributed by atoms with Crippen LogP contribution >= 0.6 is 15.9 Å². The number of halogens is 3. The normalized spacial score (nSPS) is 19.1. The van der Waals surface area contributed by atoms with E-state index in [0.29, 0.717) is 6.07 Å². The molecule has 0 radical (unpaired) electrons. The minimum atomic E-state index is -4.10. The quantitative estimate of drug-likeness (QED) is 0.887. The molecule has 1 heterocycles. The summed E-state index contributed by atoms with van der Waals surface area (Å²) in [6, 6.07) is 1.41. The lowest BCUT2D eigenvalue weighted by molar-refractivity contribution is -0.0933. The first-order valence-electron chi connectivity index (χ1n) is 5.95. The van der Waals surface area contributed by atoms with Crippen molar-refractivity contribution in [2.24, 2.45) is 5.92 Å². The summed E-state index contributed by atoms with van der Waals surface area (Å²) < 4.78 is 52.2. The molecule has 20 heavy (non-hydrogen) atoms. The lowest BCUT2D eigenvalue weighted by Gasteiger charge is -2.47. The molecule has 0 aromatic heterocycles. The van der Waals surface area contributed by atoms with Gasteiger partial charge in [-0.1, -0.05) is 13.8 Å². The van der Waals surface area contributed by atoms with Crippen LogP contribution in [0.1, 0.15) is 13.8 Å². The maximum Gasteiger partial charge on any atom is 0.247 e. The van der Waals surface area contributed by atoms with Gasteiger partial charge >= 0.3 is 0 Å². The van der Waals surface area contributed by atoms with E-state index in [2.05, 4.69) is 15.9 Å². The maximum absolute atomic E-state index is 13.7. The molecule has 8 heteroatoms. The molecule has 112 valence electrons. The van der Waals surface area contributed by atoms with Crippen LogP contribution in [0.4, 0.5) is 8.78 Å². The largest absolute Gasteiger partial charge is 0.387 e. The average molecular weight is 370 g/mol. The smallest absolute Gasteiger partial charge is 0.247 e. The van der Waals surface area contributed by atoms with E-state index in [1.165, 1.54) is 0 Å². The summed E-state index contributed by atoms with van der Waals surface area (Å²) in [6.45, 7) is 3.35. The Labute approximate surface area is 124 Å². The van der Waals surface area contributed by atoms with Crippen molar-refractivity contribution < 1.29 is 22.3 Å². The highest BCUT2D eigenvalue weighted by Gasteiger charge is 2.50. The van der Waals surface area contributed by atoms with E-state index in [9.17, 15) is 22.3 Å². The maximum atomic E-state index is 13.7. The molecular formula is C12H14BrF2NO3S. The molecule has 1 fully saturated rings. The molecule has 1 saturated heterocycles. The van der Waals surface area contributed by atoms with Gasteiger partial charge in [-0.25, -0.2) is 17.2 Å². The van der Waals surface area contributed by atoms with Crippen molar-refractivity contribution in [3.63, 3.8) is 0 Å². The summed E-state index contributed by atoms with van der Waals surface area (Å²) in [5, 5.41) is 10.1. The van der Waals surface area contributed by atoms with E-state index in [1.807, 2.05) is 0 Å². The highest BCUT2D eigenvalue weighted by atomic mass is 79.9. The molecule has 0 saturated carbocycles. The fraction of sp³-hybridized carbons (Fsp3) is 0.500. The van der Waals surface area contributed by atoms with Crippen molar-refractivity contribution in [1.82, 2.24) is 4.31 Å². The van der Waals surface area contributed by atoms with Gasteiger partial charge in [-0.05, 0) is 27.9 Å². The Morgan fingerprint density at radius 1 is 1.35 bits per heavy atom. The summed E-state index contributed by atoms with van der Waals surface area (Å²) in [6.07, 6.45) is 0. The van der Waals surface area contributed by atoms with Gasteiger partial charge in [-0.2, -0.15) is 4.31 Å². The Hall–Kier alpha value is -0.570. The first kappa shape index (κ1) is 15.8. The van der Waals surface area contributed by atoms with E-state index >= 15 is 0 Å². The molecule has 2 rings (SSSR count). The average Bonchev–Trinajstić information content (AvgIpc) is 2.22. The Balaban J connectivity index is 2.35. The predicted molar refractivity (Wildman–Crippen MR) is 72.6 cm³/mol. The van der Waals surface area contributed by atoms with Gasteiger partial charge in [0.2, 0.25) is 10.0 Å². The predicted octanol–water partition coefficient (Wildman–Crippen LogP) is 2.12. The Bertz CT molecular complexity index is 619. The molecule has 0 spiro atoms. The molecule has 0 bridgehead atoms. The zero-order valence-electron chi connectivity index (χ0n) is 10.9. The van der Waals surface area contributed by atoms with Gasteiger partial charge in [0.05, 0.1) is 5.60 Å². The van der Waals surface area contributed by atoms with Crippen LogP contribution in [0, 0.1) is 17.6 Å². The number of benzene rings is 1. The molecule has 1 N–H and O–H groups in total. The molecule has 1 aromatic rings. The van der Waals surface area contributed by atoms with Crippen molar-refractivity contribution in [2.45, 2.75) is 24.3 Å². The van der Waals surface area contributed by atoms with Gasteiger partial charge in [0, 0.05) is 23.6 Å². The lowest BCUT2D eigenvalue weighted by Crippen LogP contribution is -2.65. The van der Waals surface area contributed by atoms with Gasteiger partial charge < -0.3 is 5.11 Å². The third-order valence-corrected chi connectivity index (χ3v) is 6.29. The summed E-state index contributed by atoms with van der Waals surface area (Å²) in [5.41, 5.74) is -1.10. The van der Waals surface area contributed by atoms with Crippen molar-refractivity contribution >= 4 is 26.0 Å². The topological polar surface area (TPSA) is 57.6 Å². The highest BCUT2D eigenvalue weighted by Crippen LogP contribution is 2.36. The van der Waals surface area contributed by atoms with Crippen LogP contribution < -0.4 is 0 Å². The number of nitrogens with zero attached hydrogens (tertiary/aromatic N) is 1. The minimum absolute atomic E-state index is 0.101. The van der Waals surface area contributed by atoms with E-state index in [-0.39, 0.29) is 23.5 Å². The number of hydrogen-bond acceptors (Lipinski definition) is 3. The standard InChI is InChI=1S/C12H14BrF2NO3S/c1-7(2)12(17)5-16(6-12)20(18,19)11-9(13)3-8(14)4-10(11)15/h3-4,7,17H,5-6H2,1-2H3. The number of sulfonamides is 1. The van der Waals surface area contributed by atoms with E-state index in [4.69, 9.17) is 0 Å². The Morgan fingerprint density at radius 2 is 1.90 bits per heavy atom. The van der Waals surface area contributed by atoms with Gasteiger partial charge in [-0.3, -0.25) is 0 Å².